The molecule has 4 nitrogen and oxygen atoms in total. The minimum Gasteiger partial charge on any atom is -0.359 e. The lowest BCUT2D eigenvalue weighted by molar-refractivity contribution is 0.0872. The van der Waals surface area contributed by atoms with Crippen LogP contribution in [0.2, 0.25) is 0 Å². The molecule has 0 saturated heterocycles. The van der Waals surface area contributed by atoms with E-state index in [0.29, 0.717) is 10.4 Å². The van der Waals surface area contributed by atoms with Crippen LogP contribution in [0.25, 0.3) is 0 Å². The molecule has 26 heavy (non-hydrogen) atoms. The van der Waals surface area contributed by atoms with Gasteiger partial charge in [0, 0.05) is 11.3 Å². The maximum atomic E-state index is 13.0. The number of nitrogens with one attached hydrogen (secondary N) is 2. The Balaban J connectivity index is 1.87. The summed E-state index contributed by atoms with van der Waals surface area (Å²) in [6, 6.07) is 18.4. The monoisotopic (exact) mass is 364 g/mol. The summed E-state index contributed by atoms with van der Waals surface area (Å²) < 4.78 is 0. The van der Waals surface area contributed by atoms with E-state index in [1.54, 1.807) is 18.2 Å². The molecule has 2 N–H and O–H groups in total. The van der Waals surface area contributed by atoms with E-state index in [1.807, 2.05) is 61.7 Å². The first-order valence-electron chi connectivity index (χ1n) is 8.32. The number of benzene rings is 2. The van der Waals surface area contributed by atoms with E-state index in [2.05, 4.69) is 10.6 Å². The van der Waals surface area contributed by atoms with Gasteiger partial charge in [-0.3, -0.25) is 9.59 Å². The molecule has 132 valence electrons. The first-order valence-corrected chi connectivity index (χ1v) is 9.20. The lowest BCUT2D eigenvalue weighted by Gasteiger charge is -2.21. The maximum absolute atomic E-state index is 13.0. The number of Topliss-reactive ketones (excluding diaryl/α,β-unsaturated/α-hetero) is 1. The van der Waals surface area contributed by atoms with Crippen LogP contribution in [0.5, 0.6) is 0 Å². The Hall–Kier alpha value is -2.92. The van der Waals surface area contributed by atoms with E-state index in [-0.39, 0.29) is 11.7 Å². The van der Waals surface area contributed by atoms with Crippen LogP contribution in [0, 0.1) is 13.8 Å². The number of anilines is 1. The van der Waals surface area contributed by atoms with E-state index < -0.39 is 6.17 Å². The van der Waals surface area contributed by atoms with Crippen LogP contribution in [0.3, 0.4) is 0 Å². The summed E-state index contributed by atoms with van der Waals surface area (Å²) in [5.74, 6) is -0.456. The van der Waals surface area contributed by atoms with Gasteiger partial charge in [0.25, 0.3) is 5.91 Å². The summed E-state index contributed by atoms with van der Waals surface area (Å²) in [7, 11) is 0. The van der Waals surface area contributed by atoms with E-state index in [4.69, 9.17) is 0 Å². The van der Waals surface area contributed by atoms with E-state index >= 15 is 0 Å². The Bertz CT molecular complexity index is 905. The topological polar surface area (TPSA) is 58.2 Å². The summed E-state index contributed by atoms with van der Waals surface area (Å²) in [5.41, 5.74) is 3.51. The molecule has 0 spiro atoms. The molecular weight excluding hydrogens is 344 g/mol. The van der Waals surface area contributed by atoms with Crippen LogP contribution in [-0.4, -0.2) is 17.9 Å². The van der Waals surface area contributed by atoms with Crippen LogP contribution >= 0.6 is 11.3 Å². The predicted octanol–water partition coefficient (Wildman–Crippen LogP) is 4.42. The first-order chi connectivity index (χ1) is 12.5. The minimum atomic E-state index is -0.853. The Labute approximate surface area is 156 Å². The smallest absolute Gasteiger partial charge is 0.263 e. The van der Waals surface area contributed by atoms with E-state index in [0.717, 1.165) is 16.8 Å². The molecule has 0 saturated carbocycles. The molecule has 3 aromatic rings. The summed E-state index contributed by atoms with van der Waals surface area (Å²) in [6.07, 6.45) is -0.853. The zero-order chi connectivity index (χ0) is 18.5. The second-order valence-electron chi connectivity index (χ2n) is 6.08. The Morgan fingerprint density at radius 3 is 2.38 bits per heavy atom. The standard InChI is InChI=1S/C21H20N2O2S/c1-14-10-11-17(15(2)13-14)22-20(19(24)16-7-4-3-5-8-16)23-21(25)18-9-6-12-26-18/h3-13,20,22H,1-2H3,(H,23,25). The van der Waals surface area contributed by atoms with Crippen molar-refractivity contribution in [2.75, 3.05) is 5.32 Å². The number of carbonyl (C=O) groups excluding carboxylic acids is 2. The van der Waals surface area contributed by atoms with Gasteiger partial charge in [-0.25, -0.2) is 0 Å². The molecule has 0 radical (unpaired) electrons. The molecule has 5 heteroatoms. The van der Waals surface area contributed by atoms with Crippen molar-refractivity contribution >= 4 is 28.7 Å². The molecule has 0 aliphatic heterocycles. The molecule has 0 aliphatic rings. The second-order valence-corrected chi connectivity index (χ2v) is 7.02. The first kappa shape index (κ1) is 17.9. The fourth-order valence-electron chi connectivity index (χ4n) is 2.68. The molecule has 0 bridgehead atoms. The SMILES string of the molecule is Cc1ccc(NC(NC(=O)c2cccs2)C(=O)c2ccccc2)c(C)c1. The summed E-state index contributed by atoms with van der Waals surface area (Å²) in [5, 5.41) is 7.84. The van der Waals surface area contributed by atoms with Crippen LogP contribution in [0.4, 0.5) is 5.69 Å². The molecule has 2 aromatic carbocycles. The number of thiophene rings is 1. The van der Waals surface area contributed by atoms with Crippen molar-refractivity contribution in [3.8, 4) is 0 Å². The van der Waals surface area contributed by atoms with Crippen molar-refractivity contribution in [1.29, 1.82) is 0 Å². The third kappa shape index (κ3) is 4.18. The predicted molar refractivity (Wildman–Crippen MR) is 106 cm³/mol. The Morgan fingerprint density at radius 2 is 1.73 bits per heavy atom. The fraction of sp³-hybridized carbons (Fsp3) is 0.143. The van der Waals surface area contributed by atoms with Gasteiger partial charge in [0.15, 0.2) is 6.17 Å². The van der Waals surface area contributed by atoms with Gasteiger partial charge in [-0.05, 0) is 36.9 Å². The largest absolute Gasteiger partial charge is 0.359 e. The summed E-state index contributed by atoms with van der Waals surface area (Å²) in [6.45, 7) is 3.99. The van der Waals surface area contributed by atoms with Gasteiger partial charge in [0.1, 0.15) is 0 Å². The summed E-state index contributed by atoms with van der Waals surface area (Å²) >= 11 is 1.34. The molecule has 1 amide bonds. The highest BCUT2D eigenvalue weighted by atomic mass is 32.1. The molecule has 1 aromatic heterocycles. The zero-order valence-electron chi connectivity index (χ0n) is 14.7. The quantitative estimate of drug-likeness (QED) is 0.503. The third-order valence-electron chi connectivity index (χ3n) is 4.02. The molecule has 3 rings (SSSR count). The highest BCUT2D eigenvalue weighted by Gasteiger charge is 2.23. The molecule has 0 fully saturated rings. The molecule has 1 unspecified atom stereocenters. The fourth-order valence-corrected chi connectivity index (χ4v) is 3.30. The van der Waals surface area contributed by atoms with Crippen molar-refractivity contribution < 1.29 is 9.59 Å². The molecular formula is C21H20N2O2S. The highest BCUT2D eigenvalue weighted by molar-refractivity contribution is 7.12. The third-order valence-corrected chi connectivity index (χ3v) is 4.89. The lowest BCUT2D eigenvalue weighted by Crippen LogP contribution is -2.46. The number of rotatable bonds is 6. The van der Waals surface area contributed by atoms with Crippen molar-refractivity contribution in [2.45, 2.75) is 20.0 Å². The van der Waals surface area contributed by atoms with Crippen LogP contribution in [-0.2, 0) is 0 Å². The Morgan fingerprint density at radius 1 is 0.962 bits per heavy atom. The summed E-state index contributed by atoms with van der Waals surface area (Å²) in [4.78, 5) is 26.0. The Kier molecular flexibility index (Phi) is 5.49. The lowest BCUT2D eigenvalue weighted by atomic mass is 10.1. The van der Waals surface area contributed by atoms with Crippen LogP contribution < -0.4 is 10.6 Å². The number of hydrogen-bond acceptors (Lipinski definition) is 4. The maximum Gasteiger partial charge on any atom is 0.263 e. The van der Waals surface area contributed by atoms with Gasteiger partial charge < -0.3 is 10.6 Å². The van der Waals surface area contributed by atoms with Crippen molar-refractivity contribution in [3.05, 3.63) is 87.6 Å². The average Bonchev–Trinajstić information content (AvgIpc) is 3.18. The van der Waals surface area contributed by atoms with E-state index in [9.17, 15) is 9.59 Å². The van der Waals surface area contributed by atoms with Crippen LogP contribution in [0.1, 0.15) is 31.2 Å². The number of aryl methyl sites for hydroxylation is 2. The molecule has 1 heterocycles. The number of amides is 1. The average molecular weight is 364 g/mol. The van der Waals surface area contributed by atoms with Crippen molar-refractivity contribution in [3.63, 3.8) is 0 Å². The molecule has 1 atom stereocenters. The molecule has 0 aliphatic carbocycles. The van der Waals surface area contributed by atoms with E-state index in [1.165, 1.54) is 11.3 Å². The highest BCUT2D eigenvalue weighted by Crippen LogP contribution is 2.18. The second kappa shape index (κ2) is 7.97. The van der Waals surface area contributed by atoms with Gasteiger partial charge in [-0.2, -0.15) is 0 Å². The van der Waals surface area contributed by atoms with Crippen molar-refractivity contribution in [1.82, 2.24) is 5.32 Å². The number of hydrogen-bond donors (Lipinski definition) is 2. The number of ketones is 1. The zero-order valence-corrected chi connectivity index (χ0v) is 15.5. The van der Waals surface area contributed by atoms with Gasteiger partial charge >= 0.3 is 0 Å². The van der Waals surface area contributed by atoms with Crippen molar-refractivity contribution in [2.24, 2.45) is 0 Å². The normalized spacial score (nSPS) is 11.6. The van der Waals surface area contributed by atoms with Gasteiger partial charge in [0.2, 0.25) is 5.78 Å². The minimum absolute atomic E-state index is 0.185. The van der Waals surface area contributed by atoms with Gasteiger partial charge in [-0.15, -0.1) is 11.3 Å². The number of carbonyl (C=O) groups is 2. The van der Waals surface area contributed by atoms with Gasteiger partial charge in [0.05, 0.1) is 4.88 Å². The van der Waals surface area contributed by atoms with Gasteiger partial charge in [-0.1, -0.05) is 54.1 Å². The van der Waals surface area contributed by atoms with Crippen LogP contribution in [0.15, 0.2) is 66.0 Å².